The molecule has 2 fully saturated rings. The van der Waals surface area contributed by atoms with Crippen molar-refractivity contribution in [2.75, 3.05) is 6.54 Å². The van der Waals surface area contributed by atoms with Gasteiger partial charge in [-0.3, -0.25) is 4.79 Å². The summed E-state index contributed by atoms with van der Waals surface area (Å²) in [4.78, 5) is 12.3. The zero-order valence-corrected chi connectivity index (χ0v) is 17.4. The molecule has 30 heavy (non-hydrogen) atoms. The highest BCUT2D eigenvalue weighted by atomic mass is 16.5. The molecular weight excluding hydrogens is 378 g/mol. The summed E-state index contributed by atoms with van der Waals surface area (Å²) in [5.41, 5.74) is 1.21. The molecule has 2 saturated heterocycles. The van der Waals surface area contributed by atoms with E-state index in [1.54, 1.807) is 11.0 Å². The molecule has 160 valence electrons. The summed E-state index contributed by atoms with van der Waals surface area (Å²) < 4.78 is 7.93. The van der Waals surface area contributed by atoms with E-state index >= 15 is 0 Å². The number of aromatic nitrogens is 4. The van der Waals surface area contributed by atoms with Gasteiger partial charge in [-0.1, -0.05) is 42.5 Å². The first kappa shape index (κ1) is 20.7. The van der Waals surface area contributed by atoms with E-state index in [1.807, 2.05) is 18.2 Å². The Morgan fingerprint density at radius 2 is 2.00 bits per heavy atom. The Bertz CT molecular complexity index is 808. The van der Waals surface area contributed by atoms with Crippen molar-refractivity contribution in [1.82, 2.24) is 25.5 Å². The van der Waals surface area contributed by atoms with Crippen LogP contribution in [0.1, 0.15) is 44.1 Å². The van der Waals surface area contributed by atoms with Crippen molar-refractivity contribution < 1.29 is 9.53 Å². The van der Waals surface area contributed by atoms with Gasteiger partial charge in [-0.05, 0) is 60.4 Å². The number of tetrazole rings is 1. The first-order valence-electron chi connectivity index (χ1n) is 11.1. The number of allylic oxidation sites excluding steroid dienone is 2. The number of unbranched alkanes of at least 4 members (excludes halogenated alkanes) is 1. The van der Waals surface area contributed by atoms with Gasteiger partial charge in [-0.25, -0.2) is 4.68 Å². The molecule has 0 unspecified atom stereocenters. The zero-order valence-electron chi connectivity index (χ0n) is 17.4. The van der Waals surface area contributed by atoms with E-state index in [0.29, 0.717) is 30.5 Å². The third-order valence-electron chi connectivity index (χ3n) is 6.33. The maximum absolute atomic E-state index is 12.3. The van der Waals surface area contributed by atoms with Gasteiger partial charge in [-0.2, -0.15) is 0 Å². The van der Waals surface area contributed by atoms with Crippen LogP contribution in [-0.2, 0) is 22.5 Å². The molecule has 2 aliphatic rings. The van der Waals surface area contributed by atoms with Crippen molar-refractivity contribution in [2.24, 2.45) is 11.8 Å². The van der Waals surface area contributed by atoms with Gasteiger partial charge < -0.3 is 10.1 Å². The highest BCUT2D eigenvalue weighted by Crippen LogP contribution is 2.44. The molecule has 1 aromatic heterocycles. The number of carbonyl (C=O) groups is 1. The number of hydrogen-bond donors (Lipinski definition) is 1. The molecule has 1 amide bonds. The summed E-state index contributed by atoms with van der Waals surface area (Å²) in [5, 5.41) is 14.3. The molecule has 0 radical (unpaired) electrons. The summed E-state index contributed by atoms with van der Waals surface area (Å²) in [6.07, 6.45) is 13.5. The largest absolute Gasteiger partial charge is 0.374 e. The molecule has 2 aliphatic heterocycles. The highest BCUT2D eigenvalue weighted by molar-refractivity contribution is 5.76. The van der Waals surface area contributed by atoms with Crippen molar-refractivity contribution in [3.63, 3.8) is 0 Å². The van der Waals surface area contributed by atoms with Gasteiger partial charge in [0, 0.05) is 25.4 Å². The van der Waals surface area contributed by atoms with Gasteiger partial charge >= 0.3 is 0 Å². The fourth-order valence-electron chi connectivity index (χ4n) is 4.73. The van der Waals surface area contributed by atoms with Crippen molar-refractivity contribution in [3.05, 3.63) is 54.4 Å². The summed E-state index contributed by atoms with van der Waals surface area (Å²) in [6, 6.07) is 10.2. The molecule has 4 rings (SSSR count). The number of fused-ring (bicyclic) bond motifs is 2. The van der Waals surface area contributed by atoms with Gasteiger partial charge in [0.2, 0.25) is 5.91 Å². The van der Waals surface area contributed by atoms with Crippen LogP contribution in [0, 0.1) is 11.8 Å². The number of carbonyl (C=O) groups excluding carboxylic acids is 1. The number of rotatable bonds is 11. The molecule has 0 aliphatic carbocycles. The van der Waals surface area contributed by atoms with Crippen molar-refractivity contribution >= 4 is 5.91 Å². The van der Waals surface area contributed by atoms with Crippen LogP contribution in [0.5, 0.6) is 0 Å². The maximum Gasteiger partial charge on any atom is 0.220 e. The van der Waals surface area contributed by atoms with Crippen molar-refractivity contribution in [1.29, 1.82) is 0 Å². The summed E-state index contributed by atoms with van der Waals surface area (Å²) in [6.45, 7) is 1.57. The Morgan fingerprint density at radius 1 is 1.17 bits per heavy atom. The van der Waals surface area contributed by atoms with Crippen LogP contribution in [0.4, 0.5) is 0 Å². The van der Waals surface area contributed by atoms with Crippen LogP contribution in [0.15, 0.2) is 48.8 Å². The number of nitrogens with zero attached hydrogens (tertiary/aromatic N) is 4. The summed E-state index contributed by atoms with van der Waals surface area (Å²) in [5.74, 6) is 1.07. The molecule has 7 heteroatoms. The van der Waals surface area contributed by atoms with Crippen LogP contribution in [0.2, 0.25) is 0 Å². The van der Waals surface area contributed by atoms with Gasteiger partial charge in [0.25, 0.3) is 0 Å². The molecule has 4 atom stereocenters. The minimum absolute atomic E-state index is 0.138. The van der Waals surface area contributed by atoms with Gasteiger partial charge in [0.05, 0.1) is 12.2 Å². The SMILES string of the molecule is O=C(CCc1ccccc1)NC[C@H]1[C@@H](CC=CCCCn2cnnn2)[C@H]2CC[C@@H]1O2. The smallest absolute Gasteiger partial charge is 0.220 e. The van der Waals surface area contributed by atoms with E-state index in [1.165, 1.54) is 5.56 Å². The Balaban J connectivity index is 1.18. The Labute approximate surface area is 177 Å². The minimum atomic E-state index is 0.138. The average molecular weight is 410 g/mol. The third-order valence-corrected chi connectivity index (χ3v) is 6.33. The second-order valence-corrected chi connectivity index (χ2v) is 8.33. The summed E-state index contributed by atoms with van der Waals surface area (Å²) in [7, 11) is 0. The monoisotopic (exact) mass is 409 g/mol. The lowest BCUT2D eigenvalue weighted by molar-refractivity contribution is -0.121. The molecule has 0 saturated carbocycles. The number of amides is 1. The molecule has 2 bridgehead atoms. The molecule has 7 nitrogen and oxygen atoms in total. The number of ether oxygens (including phenoxy) is 1. The topological polar surface area (TPSA) is 81.9 Å². The zero-order chi connectivity index (χ0) is 20.6. The lowest BCUT2D eigenvalue weighted by Crippen LogP contribution is -2.38. The lowest BCUT2D eigenvalue weighted by Gasteiger charge is -2.27. The van der Waals surface area contributed by atoms with Gasteiger partial charge in [0.15, 0.2) is 0 Å². The third kappa shape index (κ3) is 5.53. The van der Waals surface area contributed by atoms with E-state index in [2.05, 4.69) is 45.1 Å². The molecule has 1 N–H and O–H groups in total. The molecule has 1 aromatic carbocycles. The predicted octanol–water partition coefficient (Wildman–Crippen LogP) is 2.94. The normalized spacial score (nSPS) is 25.2. The van der Waals surface area contributed by atoms with Crippen LogP contribution in [0.3, 0.4) is 0 Å². The summed E-state index contributed by atoms with van der Waals surface area (Å²) >= 11 is 0. The van der Waals surface area contributed by atoms with E-state index < -0.39 is 0 Å². The van der Waals surface area contributed by atoms with Crippen LogP contribution in [0.25, 0.3) is 0 Å². The first-order valence-corrected chi connectivity index (χ1v) is 11.1. The lowest BCUT2D eigenvalue weighted by atomic mass is 9.77. The van der Waals surface area contributed by atoms with E-state index in [0.717, 1.165) is 51.6 Å². The van der Waals surface area contributed by atoms with Crippen LogP contribution >= 0.6 is 0 Å². The molecular formula is C23H31N5O2. The highest BCUT2D eigenvalue weighted by Gasteiger charge is 2.47. The quantitative estimate of drug-likeness (QED) is 0.456. The van der Waals surface area contributed by atoms with E-state index in [9.17, 15) is 4.79 Å². The van der Waals surface area contributed by atoms with E-state index in [4.69, 9.17) is 4.74 Å². The molecule has 2 aromatic rings. The number of aryl methyl sites for hydroxylation is 2. The van der Waals surface area contributed by atoms with Crippen LogP contribution < -0.4 is 5.32 Å². The van der Waals surface area contributed by atoms with Crippen molar-refractivity contribution in [2.45, 2.75) is 63.7 Å². The second kappa shape index (κ2) is 10.5. The predicted molar refractivity (Wildman–Crippen MR) is 113 cm³/mol. The molecule has 0 spiro atoms. The fourth-order valence-corrected chi connectivity index (χ4v) is 4.73. The minimum Gasteiger partial charge on any atom is -0.374 e. The van der Waals surface area contributed by atoms with Gasteiger partial charge in [-0.15, -0.1) is 5.10 Å². The average Bonchev–Trinajstić information content (AvgIpc) is 3.52. The number of hydrogen-bond acceptors (Lipinski definition) is 5. The standard InChI is InChI=1S/C23H31N5O2/c29-23(14-11-18-8-4-3-5-9-18)24-16-20-19(21-12-13-22(20)30-21)10-6-1-2-7-15-28-17-25-26-27-28/h1,3-6,8-9,17,19-22H,2,7,10-16H2,(H,24,29)/t19-,20+,21-,22+/m1/s1. The Morgan fingerprint density at radius 3 is 2.80 bits per heavy atom. The fraction of sp³-hybridized carbons (Fsp3) is 0.565. The van der Waals surface area contributed by atoms with Crippen LogP contribution in [-0.4, -0.2) is 44.9 Å². The van der Waals surface area contributed by atoms with E-state index in [-0.39, 0.29) is 5.91 Å². The molecule has 3 heterocycles. The Hall–Kier alpha value is -2.54. The first-order chi connectivity index (χ1) is 14.8. The Kier molecular flexibility index (Phi) is 7.24. The maximum atomic E-state index is 12.3. The number of benzene rings is 1. The number of nitrogens with one attached hydrogen (secondary N) is 1. The van der Waals surface area contributed by atoms with Crippen molar-refractivity contribution in [3.8, 4) is 0 Å². The second-order valence-electron chi connectivity index (χ2n) is 8.33. The van der Waals surface area contributed by atoms with Gasteiger partial charge in [0.1, 0.15) is 6.33 Å².